The first kappa shape index (κ1) is 19.9. The lowest BCUT2D eigenvalue weighted by atomic mass is 10.0. The van der Waals surface area contributed by atoms with Crippen LogP contribution in [-0.4, -0.2) is 18.7 Å². The summed E-state index contributed by atoms with van der Waals surface area (Å²) in [5, 5.41) is 2.29. The van der Waals surface area contributed by atoms with Crippen LogP contribution in [0.5, 0.6) is 5.75 Å². The number of carbonyl (C=O) groups excluding carboxylic acids is 1. The Labute approximate surface area is 165 Å². The molecule has 5 nitrogen and oxygen atoms in total. The number of hydrogen-bond donors (Lipinski definition) is 2. The predicted molar refractivity (Wildman–Crippen MR) is 111 cm³/mol. The van der Waals surface area contributed by atoms with Crippen molar-refractivity contribution in [2.24, 2.45) is 5.73 Å². The van der Waals surface area contributed by atoms with Gasteiger partial charge in [-0.25, -0.2) is 4.79 Å². The lowest BCUT2D eigenvalue weighted by Crippen LogP contribution is -2.41. The fraction of sp³-hybridized carbons (Fsp3) is 0.261. The molecule has 0 aliphatic carbocycles. The summed E-state index contributed by atoms with van der Waals surface area (Å²) in [4.78, 5) is 16.9. The van der Waals surface area contributed by atoms with Gasteiger partial charge in [0, 0.05) is 6.42 Å². The number of hydroxylamine groups is 1. The van der Waals surface area contributed by atoms with E-state index >= 15 is 0 Å². The van der Waals surface area contributed by atoms with Crippen LogP contribution in [0, 0.1) is 0 Å². The maximum Gasteiger partial charge on any atom is 0.362 e. The molecular weight excluding hydrogens is 352 g/mol. The molecule has 0 heterocycles. The first-order valence-corrected chi connectivity index (χ1v) is 9.43. The minimum Gasteiger partial charge on any atom is -0.482 e. The topological polar surface area (TPSA) is 73.6 Å². The van der Waals surface area contributed by atoms with Crippen LogP contribution in [0.3, 0.4) is 0 Å². The van der Waals surface area contributed by atoms with Crippen molar-refractivity contribution < 1.29 is 14.4 Å². The van der Waals surface area contributed by atoms with Crippen LogP contribution in [-0.2, 0) is 16.1 Å². The van der Waals surface area contributed by atoms with Gasteiger partial charge in [0.15, 0.2) is 6.61 Å². The quantitative estimate of drug-likeness (QED) is 0.459. The van der Waals surface area contributed by atoms with E-state index < -0.39 is 12.1 Å². The van der Waals surface area contributed by atoms with E-state index in [9.17, 15) is 4.79 Å². The third kappa shape index (κ3) is 5.31. The fourth-order valence-electron chi connectivity index (χ4n) is 3.01. The van der Waals surface area contributed by atoms with Crippen LogP contribution in [0.2, 0.25) is 0 Å². The number of rotatable bonds is 8. The van der Waals surface area contributed by atoms with Gasteiger partial charge in [-0.1, -0.05) is 68.4 Å². The largest absolute Gasteiger partial charge is 0.482 e. The molecule has 0 unspecified atom stereocenters. The van der Waals surface area contributed by atoms with Gasteiger partial charge in [0.25, 0.3) is 0 Å². The number of ether oxygens (including phenoxy) is 1. The van der Waals surface area contributed by atoms with Crippen LogP contribution in [0.15, 0.2) is 66.7 Å². The number of fused-ring (bicyclic) bond motifs is 1. The van der Waals surface area contributed by atoms with Gasteiger partial charge in [-0.05, 0) is 39.9 Å². The van der Waals surface area contributed by atoms with Crippen LogP contribution in [0.25, 0.3) is 10.8 Å². The van der Waals surface area contributed by atoms with Crippen LogP contribution >= 0.6 is 0 Å². The third-order valence-corrected chi connectivity index (χ3v) is 4.55. The molecule has 0 aromatic heterocycles. The average Bonchev–Trinajstić information content (AvgIpc) is 2.71. The van der Waals surface area contributed by atoms with Crippen molar-refractivity contribution in [3.63, 3.8) is 0 Å². The van der Waals surface area contributed by atoms with Crippen molar-refractivity contribution >= 4 is 16.7 Å². The number of nitrogens with two attached hydrogens (primary N) is 1. The SMILES string of the molecule is CC(C)c1ccc(OCC(=O)ON[C@H](N)Cc2cccc3ccccc23)cc1. The third-order valence-electron chi connectivity index (χ3n) is 4.55. The Morgan fingerprint density at radius 3 is 2.46 bits per heavy atom. The molecule has 3 N–H and O–H groups in total. The van der Waals surface area contributed by atoms with Crippen molar-refractivity contribution in [1.82, 2.24) is 5.48 Å². The highest BCUT2D eigenvalue weighted by molar-refractivity contribution is 5.85. The molecule has 146 valence electrons. The Hall–Kier alpha value is -2.89. The summed E-state index contributed by atoms with van der Waals surface area (Å²) in [5.74, 6) is 0.550. The normalized spacial score (nSPS) is 12.1. The summed E-state index contributed by atoms with van der Waals surface area (Å²) in [7, 11) is 0. The number of benzene rings is 3. The summed E-state index contributed by atoms with van der Waals surface area (Å²) in [5.41, 5.74) is 11.0. The maximum atomic E-state index is 11.9. The number of nitrogens with one attached hydrogen (secondary N) is 1. The van der Waals surface area contributed by atoms with Crippen molar-refractivity contribution in [3.8, 4) is 5.75 Å². The van der Waals surface area contributed by atoms with Gasteiger partial charge in [-0.2, -0.15) is 0 Å². The monoisotopic (exact) mass is 378 g/mol. The van der Waals surface area contributed by atoms with Crippen molar-refractivity contribution in [2.45, 2.75) is 32.4 Å². The molecule has 3 aromatic rings. The minimum atomic E-state index is -0.527. The first-order valence-electron chi connectivity index (χ1n) is 9.43. The summed E-state index contributed by atoms with van der Waals surface area (Å²) in [6.07, 6.45) is 0.0201. The van der Waals surface area contributed by atoms with Gasteiger partial charge in [0.2, 0.25) is 0 Å². The molecule has 0 amide bonds. The van der Waals surface area contributed by atoms with E-state index in [1.165, 1.54) is 5.56 Å². The van der Waals surface area contributed by atoms with E-state index in [-0.39, 0.29) is 6.61 Å². The summed E-state index contributed by atoms with van der Waals surface area (Å²) in [6, 6.07) is 21.9. The van der Waals surface area contributed by atoms with E-state index in [2.05, 4.69) is 37.5 Å². The molecule has 0 radical (unpaired) electrons. The van der Waals surface area contributed by atoms with Gasteiger partial charge < -0.3 is 15.3 Å². The molecule has 0 aliphatic rings. The standard InChI is InChI=1S/C23H26N2O3/c1-16(2)17-10-12-20(13-11-17)27-15-23(26)28-25-22(24)14-19-8-5-7-18-6-3-4-9-21(18)19/h3-13,16,22,25H,14-15,24H2,1-2H3/t22-/m0/s1. The molecule has 1 atom stereocenters. The highest BCUT2D eigenvalue weighted by Gasteiger charge is 2.11. The number of hydrogen-bond acceptors (Lipinski definition) is 5. The molecule has 0 spiro atoms. The van der Waals surface area contributed by atoms with Gasteiger partial charge in [-0.3, -0.25) is 0 Å². The molecular formula is C23H26N2O3. The molecule has 3 aromatic carbocycles. The average molecular weight is 378 g/mol. The van der Waals surface area contributed by atoms with Crippen LogP contribution < -0.4 is 16.0 Å². The zero-order valence-corrected chi connectivity index (χ0v) is 16.2. The van der Waals surface area contributed by atoms with Crippen LogP contribution in [0.1, 0.15) is 30.9 Å². The summed E-state index contributed by atoms with van der Waals surface area (Å²) in [6.45, 7) is 4.07. The minimum absolute atomic E-state index is 0.186. The molecule has 3 rings (SSSR count). The smallest absolute Gasteiger partial charge is 0.362 e. The lowest BCUT2D eigenvalue weighted by Gasteiger charge is -2.15. The van der Waals surface area contributed by atoms with Gasteiger partial charge >= 0.3 is 5.97 Å². The van der Waals surface area contributed by atoms with Gasteiger partial charge in [-0.15, -0.1) is 5.48 Å². The van der Waals surface area contributed by atoms with Crippen molar-refractivity contribution in [3.05, 3.63) is 77.9 Å². The highest BCUT2D eigenvalue weighted by Crippen LogP contribution is 2.20. The second-order valence-electron chi connectivity index (χ2n) is 7.05. The molecule has 5 heteroatoms. The Morgan fingerprint density at radius 2 is 1.71 bits per heavy atom. The lowest BCUT2D eigenvalue weighted by molar-refractivity contribution is -0.155. The Kier molecular flexibility index (Phi) is 6.63. The predicted octanol–water partition coefficient (Wildman–Crippen LogP) is 3.92. The van der Waals surface area contributed by atoms with E-state index in [4.69, 9.17) is 15.3 Å². The van der Waals surface area contributed by atoms with Crippen molar-refractivity contribution in [2.75, 3.05) is 6.61 Å². The maximum absolute atomic E-state index is 11.9. The van der Waals surface area contributed by atoms with Crippen LogP contribution in [0.4, 0.5) is 0 Å². The Balaban J connectivity index is 1.46. The fourth-order valence-corrected chi connectivity index (χ4v) is 3.01. The molecule has 0 fully saturated rings. The Bertz CT molecular complexity index is 917. The first-order chi connectivity index (χ1) is 13.5. The van der Waals surface area contributed by atoms with Crippen molar-refractivity contribution in [1.29, 1.82) is 0 Å². The zero-order chi connectivity index (χ0) is 19.9. The summed E-state index contributed by atoms with van der Waals surface area (Å²) >= 11 is 0. The zero-order valence-electron chi connectivity index (χ0n) is 16.2. The second kappa shape index (κ2) is 9.35. The van der Waals surface area contributed by atoms with E-state index in [0.717, 1.165) is 16.3 Å². The van der Waals surface area contributed by atoms with Gasteiger partial charge in [0.05, 0.1) is 6.17 Å². The second-order valence-corrected chi connectivity index (χ2v) is 7.05. The molecule has 0 saturated carbocycles. The van der Waals surface area contributed by atoms with Gasteiger partial charge in [0.1, 0.15) is 5.75 Å². The van der Waals surface area contributed by atoms with E-state index in [0.29, 0.717) is 18.1 Å². The molecule has 0 bridgehead atoms. The summed E-state index contributed by atoms with van der Waals surface area (Å²) < 4.78 is 5.46. The molecule has 0 aliphatic heterocycles. The van der Waals surface area contributed by atoms with E-state index in [1.54, 1.807) is 0 Å². The number of carbonyl (C=O) groups is 1. The molecule has 28 heavy (non-hydrogen) atoms. The molecule has 0 saturated heterocycles. The Morgan fingerprint density at radius 1 is 1.00 bits per heavy atom. The van der Waals surface area contributed by atoms with E-state index in [1.807, 2.05) is 48.5 Å². The highest BCUT2D eigenvalue weighted by atomic mass is 16.7.